The zero-order valence-corrected chi connectivity index (χ0v) is 12.3. The molecule has 4 rings (SSSR count). The average molecular weight is 291 g/mol. The second kappa shape index (κ2) is 4.57. The van der Waals surface area contributed by atoms with Crippen LogP contribution in [0, 0.1) is 0 Å². The molecule has 1 amide bonds. The van der Waals surface area contributed by atoms with Gasteiger partial charge in [0.15, 0.2) is 0 Å². The molecule has 0 aliphatic carbocycles. The number of carbonyl (C=O) groups excluding carboxylic acids is 1. The van der Waals surface area contributed by atoms with Gasteiger partial charge in [0.25, 0.3) is 0 Å². The van der Waals surface area contributed by atoms with Gasteiger partial charge in [-0.1, -0.05) is 42.5 Å². The van der Waals surface area contributed by atoms with Gasteiger partial charge >= 0.3 is 0 Å². The maximum absolute atomic E-state index is 11.5. The van der Waals surface area contributed by atoms with Gasteiger partial charge in [0.1, 0.15) is 0 Å². The molecule has 0 bridgehead atoms. The predicted octanol–water partition coefficient (Wildman–Crippen LogP) is 5.17. The maximum atomic E-state index is 11.5. The van der Waals surface area contributed by atoms with Crippen molar-refractivity contribution in [3.05, 3.63) is 54.6 Å². The summed E-state index contributed by atoms with van der Waals surface area (Å²) in [6.45, 7) is 1.55. The third-order valence-electron chi connectivity index (χ3n) is 3.68. The van der Waals surface area contributed by atoms with E-state index in [1.54, 1.807) is 18.3 Å². The van der Waals surface area contributed by atoms with E-state index in [1.807, 2.05) is 12.1 Å². The van der Waals surface area contributed by atoms with Crippen molar-refractivity contribution in [2.45, 2.75) is 6.92 Å². The lowest BCUT2D eigenvalue weighted by molar-refractivity contribution is -0.114. The molecule has 4 aromatic rings. The number of carbonyl (C=O) groups is 1. The maximum Gasteiger partial charge on any atom is 0.221 e. The first-order chi connectivity index (χ1) is 10.2. The van der Waals surface area contributed by atoms with E-state index in [4.69, 9.17) is 0 Å². The highest BCUT2D eigenvalue weighted by molar-refractivity contribution is 7.26. The highest BCUT2D eigenvalue weighted by Crippen LogP contribution is 2.42. The van der Waals surface area contributed by atoms with Gasteiger partial charge in [0, 0.05) is 27.1 Å². The van der Waals surface area contributed by atoms with Crippen molar-refractivity contribution in [3.63, 3.8) is 0 Å². The molecule has 0 fully saturated rings. The molecule has 0 atom stereocenters. The summed E-state index contributed by atoms with van der Waals surface area (Å²) < 4.78 is 2.48. The highest BCUT2D eigenvalue weighted by atomic mass is 32.1. The lowest BCUT2D eigenvalue weighted by Gasteiger charge is -2.08. The minimum absolute atomic E-state index is 0.0399. The number of rotatable bonds is 1. The first-order valence-corrected chi connectivity index (χ1v) is 7.66. The zero-order chi connectivity index (χ0) is 14.4. The summed E-state index contributed by atoms with van der Waals surface area (Å²) in [5.41, 5.74) is 0.897. The summed E-state index contributed by atoms with van der Waals surface area (Å²) in [5, 5.41) is 7.72. The van der Waals surface area contributed by atoms with Crippen molar-refractivity contribution in [2.24, 2.45) is 0 Å². The summed E-state index contributed by atoms with van der Waals surface area (Å²) in [7, 11) is 0. The first-order valence-electron chi connectivity index (χ1n) is 6.84. The summed E-state index contributed by atoms with van der Waals surface area (Å²) in [6, 6.07) is 18.7. The molecule has 0 aliphatic heterocycles. The molecule has 0 radical (unpaired) electrons. The van der Waals surface area contributed by atoms with Crippen molar-refractivity contribution in [3.8, 4) is 0 Å². The highest BCUT2D eigenvalue weighted by Gasteiger charge is 2.13. The van der Waals surface area contributed by atoms with Gasteiger partial charge in [0.2, 0.25) is 5.91 Å². The van der Waals surface area contributed by atoms with Crippen molar-refractivity contribution < 1.29 is 4.79 Å². The van der Waals surface area contributed by atoms with Gasteiger partial charge in [-0.3, -0.25) is 4.79 Å². The number of fused-ring (bicyclic) bond motifs is 5. The Morgan fingerprint density at radius 3 is 2.52 bits per heavy atom. The number of anilines is 1. The molecule has 3 heteroatoms. The Morgan fingerprint density at radius 2 is 1.71 bits per heavy atom. The summed E-state index contributed by atoms with van der Waals surface area (Å²) in [6.07, 6.45) is 0. The molecule has 0 aliphatic rings. The van der Waals surface area contributed by atoms with Gasteiger partial charge in [-0.15, -0.1) is 11.3 Å². The molecule has 1 heterocycles. The number of benzene rings is 3. The quantitative estimate of drug-likeness (QED) is 0.515. The topological polar surface area (TPSA) is 29.1 Å². The molecule has 1 aromatic heterocycles. The minimum Gasteiger partial charge on any atom is -0.326 e. The monoisotopic (exact) mass is 291 g/mol. The van der Waals surface area contributed by atoms with E-state index in [-0.39, 0.29) is 5.91 Å². The van der Waals surface area contributed by atoms with Crippen LogP contribution in [-0.2, 0) is 4.79 Å². The fourth-order valence-corrected chi connectivity index (χ4v) is 4.11. The molecule has 1 N–H and O–H groups in total. The fourth-order valence-electron chi connectivity index (χ4n) is 2.85. The van der Waals surface area contributed by atoms with Gasteiger partial charge < -0.3 is 5.32 Å². The molecular weight excluding hydrogens is 278 g/mol. The van der Waals surface area contributed by atoms with Gasteiger partial charge in [-0.2, -0.15) is 0 Å². The van der Waals surface area contributed by atoms with Crippen LogP contribution in [0.5, 0.6) is 0 Å². The Labute approximate surface area is 126 Å². The Bertz CT molecular complexity index is 1000. The average Bonchev–Trinajstić information content (AvgIpc) is 2.86. The van der Waals surface area contributed by atoms with E-state index in [2.05, 4.69) is 47.8 Å². The third kappa shape index (κ3) is 1.89. The lowest BCUT2D eigenvalue weighted by Crippen LogP contribution is -2.05. The fraction of sp³-hybridized carbons (Fsp3) is 0.0556. The molecule has 102 valence electrons. The predicted molar refractivity (Wildman–Crippen MR) is 91.1 cm³/mol. The van der Waals surface area contributed by atoms with Crippen LogP contribution < -0.4 is 5.32 Å². The number of nitrogens with one attached hydrogen (secondary N) is 1. The van der Waals surface area contributed by atoms with E-state index in [0.29, 0.717) is 0 Å². The minimum atomic E-state index is -0.0399. The molecule has 3 aromatic carbocycles. The largest absolute Gasteiger partial charge is 0.326 e. The molecule has 2 nitrogen and oxygen atoms in total. The molecule has 0 unspecified atom stereocenters. The van der Waals surface area contributed by atoms with E-state index >= 15 is 0 Å². The van der Waals surface area contributed by atoms with Gasteiger partial charge in [-0.05, 0) is 22.9 Å². The van der Waals surface area contributed by atoms with Crippen molar-refractivity contribution in [1.29, 1.82) is 0 Å². The number of hydrogen-bond acceptors (Lipinski definition) is 2. The van der Waals surface area contributed by atoms with Crippen LogP contribution in [0.15, 0.2) is 54.6 Å². The Morgan fingerprint density at radius 1 is 1.00 bits per heavy atom. The molecular formula is C18H13NOS. The summed E-state index contributed by atoms with van der Waals surface area (Å²) >= 11 is 1.78. The smallest absolute Gasteiger partial charge is 0.221 e. The van der Waals surface area contributed by atoms with Crippen LogP contribution in [0.3, 0.4) is 0 Å². The van der Waals surface area contributed by atoms with Crippen LogP contribution >= 0.6 is 11.3 Å². The van der Waals surface area contributed by atoms with Gasteiger partial charge in [-0.25, -0.2) is 0 Å². The van der Waals surface area contributed by atoms with Crippen molar-refractivity contribution >= 4 is 53.9 Å². The number of hydrogen-bond donors (Lipinski definition) is 1. The molecule has 0 saturated heterocycles. The van der Waals surface area contributed by atoms with E-state index in [0.717, 1.165) is 16.5 Å². The lowest BCUT2D eigenvalue weighted by atomic mass is 10.0. The Hall–Kier alpha value is -2.39. The zero-order valence-electron chi connectivity index (χ0n) is 11.5. The molecule has 0 saturated carbocycles. The van der Waals surface area contributed by atoms with Crippen LogP contribution in [0.4, 0.5) is 5.69 Å². The van der Waals surface area contributed by atoms with Crippen LogP contribution in [-0.4, -0.2) is 5.91 Å². The molecule has 0 spiro atoms. The van der Waals surface area contributed by atoms with E-state index in [1.165, 1.54) is 20.2 Å². The SMILES string of the molecule is CC(=O)Nc1cc2ccccc2c2sc3ccccc3c12. The van der Waals surface area contributed by atoms with E-state index in [9.17, 15) is 4.79 Å². The third-order valence-corrected chi connectivity index (χ3v) is 4.88. The van der Waals surface area contributed by atoms with Crippen molar-refractivity contribution in [1.82, 2.24) is 0 Å². The number of amides is 1. The second-order valence-electron chi connectivity index (χ2n) is 5.13. The van der Waals surface area contributed by atoms with Crippen LogP contribution in [0.25, 0.3) is 30.9 Å². The summed E-state index contributed by atoms with van der Waals surface area (Å²) in [5.74, 6) is -0.0399. The van der Waals surface area contributed by atoms with Gasteiger partial charge in [0.05, 0.1) is 5.69 Å². The van der Waals surface area contributed by atoms with Crippen LogP contribution in [0.1, 0.15) is 6.92 Å². The standard InChI is InChI=1S/C18H13NOS/c1-11(20)19-15-10-12-6-2-3-7-13(12)18-17(15)14-8-4-5-9-16(14)21-18/h2-10H,1H3,(H,19,20). The summed E-state index contributed by atoms with van der Waals surface area (Å²) in [4.78, 5) is 11.5. The van der Waals surface area contributed by atoms with Crippen molar-refractivity contribution in [2.75, 3.05) is 5.32 Å². The first kappa shape index (κ1) is 12.4. The second-order valence-corrected chi connectivity index (χ2v) is 6.18. The molecule has 21 heavy (non-hydrogen) atoms. The number of thiophene rings is 1. The normalized spacial score (nSPS) is 11.3. The van der Waals surface area contributed by atoms with E-state index < -0.39 is 0 Å². The Kier molecular flexibility index (Phi) is 2.69. The Balaban J connectivity index is 2.24. The van der Waals surface area contributed by atoms with Crippen LogP contribution in [0.2, 0.25) is 0 Å².